The molecule has 1 aliphatic heterocycles. The van der Waals surface area contributed by atoms with Crippen molar-refractivity contribution < 1.29 is 17.6 Å². The molecule has 2 heterocycles. The van der Waals surface area contributed by atoms with E-state index in [1.807, 2.05) is 25.1 Å². The molecule has 1 aromatic heterocycles. The van der Waals surface area contributed by atoms with Crippen molar-refractivity contribution in [1.82, 2.24) is 9.62 Å². The average molecular weight is 405 g/mol. The molecule has 0 saturated carbocycles. The van der Waals surface area contributed by atoms with Crippen molar-refractivity contribution in [3.63, 3.8) is 0 Å². The van der Waals surface area contributed by atoms with Crippen LogP contribution in [0.15, 0.2) is 52.0 Å². The molecule has 152 valence electrons. The number of piperidine rings is 1. The number of nitrogens with one attached hydrogen (secondary N) is 1. The minimum atomic E-state index is -3.53. The number of carbonyl (C=O) groups is 1. The van der Waals surface area contributed by atoms with Crippen LogP contribution in [0.5, 0.6) is 0 Å². The lowest BCUT2D eigenvalue weighted by atomic mass is 9.97. The summed E-state index contributed by atoms with van der Waals surface area (Å²) in [5.74, 6) is 0.821. The quantitative estimate of drug-likeness (QED) is 0.796. The second kappa shape index (κ2) is 8.49. The highest BCUT2D eigenvalue weighted by Crippen LogP contribution is 2.26. The number of furan rings is 1. The third kappa shape index (κ3) is 4.47. The van der Waals surface area contributed by atoms with Crippen LogP contribution in [0.4, 0.5) is 0 Å². The summed E-state index contributed by atoms with van der Waals surface area (Å²) in [5, 5.41) is 2.95. The zero-order chi connectivity index (χ0) is 20.3. The summed E-state index contributed by atoms with van der Waals surface area (Å²) in [4.78, 5) is 12.8. The molecule has 0 radical (unpaired) electrons. The fourth-order valence-corrected chi connectivity index (χ4v) is 4.94. The molecule has 1 saturated heterocycles. The van der Waals surface area contributed by atoms with Crippen molar-refractivity contribution in [1.29, 1.82) is 0 Å². The molecule has 1 atom stereocenters. The summed E-state index contributed by atoms with van der Waals surface area (Å²) in [7, 11) is -3.53. The van der Waals surface area contributed by atoms with Gasteiger partial charge in [0.25, 0.3) is 0 Å². The summed E-state index contributed by atoms with van der Waals surface area (Å²) in [6, 6.07) is 10.5. The molecular formula is C21H28N2O4S. The number of amides is 1. The zero-order valence-corrected chi connectivity index (χ0v) is 17.4. The highest BCUT2D eigenvalue weighted by Gasteiger charge is 2.32. The minimum Gasteiger partial charge on any atom is -0.467 e. The first-order chi connectivity index (χ1) is 13.3. The van der Waals surface area contributed by atoms with Gasteiger partial charge in [-0.2, -0.15) is 4.31 Å². The Bertz CT molecular complexity index is 881. The van der Waals surface area contributed by atoms with Gasteiger partial charge in [0.1, 0.15) is 5.76 Å². The van der Waals surface area contributed by atoms with Crippen LogP contribution in [0.2, 0.25) is 0 Å². The van der Waals surface area contributed by atoms with Gasteiger partial charge in [-0.15, -0.1) is 0 Å². The molecule has 7 heteroatoms. The Morgan fingerprint density at radius 1 is 1.11 bits per heavy atom. The molecule has 1 fully saturated rings. The average Bonchev–Trinajstić information content (AvgIpc) is 3.23. The van der Waals surface area contributed by atoms with Gasteiger partial charge in [0.2, 0.25) is 15.9 Å². The topological polar surface area (TPSA) is 79.6 Å². The van der Waals surface area contributed by atoms with Gasteiger partial charge in [0.15, 0.2) is 0 Å². The van der Waals surface area contributed by atoms with Gasteiger partial charge < -0.3 is 9.73 Å². The van der Waals surface area contributed by atoms with Crippen molar-refractivity contribution in [3.05, 3.63) is 54.0 Å². The SMILES string of the molecule is CC(C)c1ccc(S(=O)(=O)N2CCC(C(=O)N[C@H](C)c3ccco3)CC2)cc1. The maximum atomic E-state index is 12.9. The molecule has 1 amide bonds. The van der Waals surface area contributed by atoms with Gasteiger partial charge in [-0.3, -0.25) is 4.79 Å². The van der Waals surface area contributed by atoms with Crippen molar-refractivity contribution in [2.75, 3.05) is 13.1 Å². The first kappa shape index (κ1) is 20.6. The largest absolute Gasteiger partial charge is 0.467 e. The van der Waals surface area contributed by atoms with Gasteiger partial charge in [0, 0.05) is 19.0 Å². The van der Waals surface area contributed by atoms with Crippen LogP contribution in [0.1, 0.15) is 56.9 Å². The Labute approximate surface area is 167 Å². The Morgan fingerprint density at radius 3 is 2.29 bits per heavy atom. The molecule has 0 unspecified atom stereocenters. The van der Waals surface area contributed by atoms with Crippen LogP contribution in [0.25, 0.3) is 0 Å². The van der Waals surface area contributed by atoms with E-state index in [2.05, 4.69) is 19.2 Å². The molecule has 1 aliphatic rings. The molecule has 6 nitrogen and oxygen atoms in total. The van der Waals surface area contributed by atoms with Crippen molar-refractivity contribution in [3.8, 4) is 0 Å². The number of nitrogens with zero attached hydrogens (tertiary/aromatic N) is 1. The van der Waals surface area contributed by atoms with E-state index in [9.17, 15) is 13.2 Å². The van der Waals surface area contributed by atoms with Gasteiger partial charge in [-0.1, -0.05) is 26.0 Å². The summed E-state index contributed by atoms with van der Waals surface area (Å²) < 4.78 is 32.6. The van der Waals surface area contributed by atoms with Crippen molar-refractivity contribution in [2.45, 2.75) is 50.5 Å². The molecule has 3 rings (SSSR count). The monoisotopic (exact) mass is 404 g/mol. The van der Waals surface area contributed by atoms with E-state index in [1.165, 1.54) is 4.31 Å². The van der Waals surface area contributed by atoms with E-state index >= 15 is 0 Å². The van der Waals surface area contributed by atoms with Crippen LogP contribution in [0.3, 0.4) is 0 Å². The maximum absolute atomic E-state index is 12.9. The van der Waals surface area contributed by atoms with Crippen LogP contribution >= 0.6 is 0 Å². The smallest absolute Gasteiger partial charge is 0.243 e. The second-order valence-electron chi connectivity index (χ2n) is 7.65. The molecule has 1 N–H and O–H groups in total. The predicted molar refractivity (Wildman–Crippen MR) is 107 cm³/mol. The summed E-state index contributed by atoms with van der Waals surface area (Å²) in [6.45, 7) is 6.72. The third-order valence-corrected chi connectivity index (χ3v) is 7.25. The number of carbonyl (C=O) groups excluding carboxylic acids is 1. The maximum Gasteiger partial charge on any atom is 0.243 e. The molecular weight excluding hydrogens is 376 g/mol. The van der Waals surface area contributed by atoms with Crippen LogP contribution in [-0.4, -0.2) is 31.7 Å². The predicted octanol–water partition coefficient (Wildman–Crippen LogP) is 3.68. The van der Waals surface area contributed by atoms with Gasteiger partial charge >= 0.3 is 0 Å². The first-order valence-corrected chi connectivity index (χ1v) is 11.2. The van der Waals surface area contributed by atoms with E-state index in [0.29, 0.717) is 42.5 Å². The van der Waals surface area contributed by atoms with Crippen molar-refractivity contribution >= 4 is 15.9 Å². The number of sulfonamides is 1. The molecule has 0 aliphatic carbocycles. The molecule has 0 bridgehead atoms. The van der Waals surface area contributed by atoms with Crippen LogP contribution < -0.4 is 5.32 Å². The van der Waals surface area contributed by atoms with Crippen LogP contribution in [-0.2, 0) is 14.8 Å². The highest BCUT2D eigenvalue weighted by atomic mass is 32.2. The van der Waals surface area contributed by atoms with E-state index in [1.54, 1.807) is 24.5 Å². The highest BCUT2D eigenvalue weighted by molar-refractivity contribution is 7.89. The second-order valence-corrected chi connectivity index (χ2v) is 9.59. The van der Waals surface area contributed by atoms with Gasteiger partial charge in [-0.25, -0.2) is 8.42 Å². The zero-order valence-electron chi connectivity index (χ0n) is 16.6. The minimum absolute atomic E-state index is 0.0535. The summed E-state index contributed by atoms with van der Waals surface area (Å²) >= 11 is 0. The third-order valence-electron chi connectivity index (χ3n) is 5.34. The first-order valence-electron chi connectivity index (χ1n) is 9.73. The van der Waals surface area contributed by atoms with E-state index < -0.39 is 10.0 Å². The summed E-state index contributed by atoms with van der Waals surface area (Å²) in [5.41, 5.74) is 1.11. The lowest BCUT2D eigenvalue weighted by Crippen LogP contribution is -2.43. The Hall–Kier alpha value is -2.12. The molecule has 2 aromatic rings. The standard InChI is InChI=1S/C21H28N2O4S/c1-15(2)17-6-8-19(9-7-17)28(25,26)23-12-10-18(11-13-23)21(24)22-16(3)20-5-4-14-27-20/h4-9,14-16,18H,10-13H2,1-3H3,(H,22,24)/t16-/m1/s1. The Balaban J connectivity index is 1.58. The lowest BCUT2D eigenvalue weighted by molar-refractivity contribution is -0.126. The number of rotatable bonds is 6. The molecule has 0 spiro atoms. The van der Waals surface area contributed by atoms with Gasteiger partial charge in [-0.05, 0) is 55.5 Å². The Morgan fingerprint density at radius 2 is 1.75 bits per heavy atom. The fraction of sp³-hybridized carbons (Fsp3) is 0.476. The number of hydrogen-bond donors (Lipinski definition) is 1. The van der Waals surface area contributed by atoms with Crippen molar-refractivity contribution in [2.24, 2.45) is 5.92 Å². The van der Waals surface area contributed by atoms with E-state index in [4.69, 9.17) is 4.42 Å². The fourth-order valence-electron chi connectivity index (χ4n) is 3.47. The normalized spacial score (nSPS) is 17.6. The number of hydrogen-bond acceptors (Lipinski definition) is 4. The Kier molecular flexibility index (Phi) is 6.25. The lowest BCUT2D eigenvalue weighted by Gasteiger charge is -2.31. The van der Waals surface area contributed by atoms with Crippen LogP contribution in [0, 0.1) is 5.92 Å². The molecule has 1 aromatic carbocycles. The number of benzene rings is 1. The van der Waals surface area contributed by atoms with E-state index in [-0.39, 0.29) is 17.9 Å². The van der Waals surface area contributed by atoms with Gasteiger partial charge in [0.05, 0.1) is 17.2 Å². The molecule has 28 heavy (non-hydrogen) atoms. The summed E-state index contributed by atoms with van der Waals surface area (Å²) in [6.07, 6.45) is 2.61. The van der Waals surface area contributed by atoms with E-state index in [0.717, 1.165) is 5.56 Å².